The predicted molar refractivity (Wildman–Crippen MR) is 79.1 cm³/mol. The van der Waals surface area contributed by atoms with Crippen molar-refractivity contribution in [3.63, 3.8) is 0 Å². The molecule has 118 valence electrons. The van der Waals surface area contributed by atoms with Crippen LogP contribution in [0.25, 0.3) is 0 Å². The molecule has 1 heterocycles. The smallest absolute Gasteiger partial charge is 0.416 e. The van der Waals surface area contributed by atoms with Crippen LogP contribution in [0.1, 0.15) is 12.5 Å². The number of hydrogen-bond donors (Lipinski definition) is 1. The monoisotopic (exact) mass is 311 g/mol. The Morgan fingerprint density at radius 2 is 2.18 bits per heavy atom. The van der Waals surface area contributed by atoms with E-state index in [1.54, 1.807) is 11.8 Å². The molecule has 22 heavy (non-hydrogen) atoms. The summed E-state index contributed by atoms with van der Waals surface area (Å²) in [6.07, 6.45) is -4.42. The van der Waals surface area contributed by atoms with Crippen LogP contribution in [0, 0.1) is 11.8 Å². The molecule has 1 N–H and O–H groups in total. The molecule has 0 unspecified atom stereocenters. The molecular formula is C15H16F3N3O. The van der Waals surface area contributed by atoms with Crippen molar-refractivity contribution in [3.8, 4) is 17.6 Å². The average Bonchev–Trinajstić information content (AvgIpc) is 3.00. The van der Waals surface area contributed by atoms with Crippen LogP contribution in [-0.2, 0) is 6.18 Å². The molecule has 7 heteroatoms. The van der Waals surface area contributed by atoms with E-state index in [0.717, 1.165) is 12.1 Å². The van der Waals surface area contributed by atoms with E-state index < -0.39 is 11.7 Å². The Morgan fingerprint density at radius 3 is 2.73 bits per heavy atom. The minimum atomic E-state index is -4.42. The van der Waals surface area contributed by atoms with Gasteiger partial charge in [0.15, 0.2) is 5.96 Å². The van der Waals surface area contributed by atoms with Crippen molar-refractivity contribution in [1.29, 1.82) is 0 Å². The summed E-state index contributed by atoms with van der Waals surface area (Å²) < 4.78 is 44.1. The fourth-order valence-corrected chi connectivity index (χ4v) is 2.08. The molecule has 1 aromatic rings. The maximum atomic E-state index is 13.0. The van der Waals surface area contributed by atoms with Gasteiger partial charge < -0.3 is 10.1 Å². The van der Waals surface area contributed by atoms with Gasteiger partial charge in [0, 0.05) is 6.54 Å². The van der Waals surface area contributed by atoms with E-state index in [4.69, 9.17) is 4.74 Å². The number of ether oxygens (including phenoxy) is 1. The predicted octanol–water partition coefficient (Wildman–Crippen LogP) is 2.50. The molecule has 1 aromatic carbocycles. The largest absolute Gasteiger partial charge is 0.495 e. The highest BCUT2D eigenvalue weighted by atomic mass is 19.4. The molecule has 0 aromatic heterocycles. The van der Waals surface area contributed by atoms with Crippen molar-refractivity contribution in [2.24, 2.45) is 4.99 Å². The number of aliphatic imine (C=N–C) groups is 1. The molecule has 0 amide bonds. The SMILES string of the molecule is CC#CCN(C1=NCCN1)c1cc(C(F)(F)F)ccc1OC. The first-order valence-corrected chi connectivity index (χ1v) is 6.68. The van der Waals surface area contributed by atoms with E-state index >= 15 is 0 Å². The molecule has 0 fully saturated rings. The number of benzene rings is 1. The van der Waals surface area contributed by atoms with E-state index in [-0.39, 0.29) is 12.2 Å². The van der Waals surface area contributed by atoms with E-state index in [1.165, 1.54) is 13.2 Å². The van der Waals surface area contributed by atoms with Gasteiger partial charge >= 0.3 is 6.18 Å². The van der Waals surface area contributed by atoms with Gasteiger partial charge in [-0.25, -0.2) is 0 Å². The van der Waals surface area contributed by atoms with E-state index in [0.29, 0.717) is 24.8 Å². The molecule has 0 bridgehead atoms. The van der Waals surface area contributed by atoms with Crippen molar-refractivity contribution in [3.05, 3.63) is 23.8 Å². The standard InChI is InChI=1S/C15H16F3N3O/c1-3-4-9-21(14-19-7-8-20-14)12-10-11(15(16,17)18)5-6-13(12)22-2/h5-6,10H,7-9H2,1-2H3,(H,19,20). The number of rotatable bonds is 3. The first kappa shape index (κ1) is 16.0. The van der Waals surface area contributed by atoms with Crippen molar-refractivity contribution in [2.75, 3.05) is 31.6 Å². The number of nitrogens with zero attached hydrogens (tertiary/aromatic N) is 2. The Balaban J connectivity index is 2.49. The Bertz CT molecular complexity index is 629. The third-order valence-electron chi connectivity index (χ3n) is 3.12. The Hall–Kier alpha value is -2.36. The lowest BCUT2D eigenvalue weighted by Gasteiger charge is -2.25. The van der Waals surface area contributed by atoms with Gasteiger partial charge in [-0.15, -0.1) is 5.92 Å². The van der Waals surface area contributed by atoms with Crippen LogP contribution in [-0.4, -0.2) is 32.7 Å². The second-order valence-electron chi connectivity index (χ2n) is 4.53. The zero-order valence-corrected chi connectivity index (χ0v) is 12.3. The number of methoxy groups -OCH3 is 1. The molecular weight excluding hydrogens is 295 g/mol. The zero-order valence-electron chi connectivity index (χ0n) is 12.3. The first-order valence-electron chi connectivity index (χ1n) is 6.68. The second kappa shape index (κ2) is 6.60. The summed E-state index contributed by atoms with van der Waals surface area (Å²) in [7, 11) is 1.42. The van der Waals surface area contributed by atoms with Crippen molar-refractivity contribution in [1.82, 2.24) is 5.32 Å². The summed E-state index contributed by atoms with van der Waals surface area (Å²) in [5, 5.41) is 3.04. The lowest BCUT2D eigenvalue weighted by Crippen LogP contribution is -2.39. The zero-order chi connectivity index (χ0) is 16.2. The molecule has 0 saturated heterocycles. The summed E-state index contributed by atoms with van der Waals surface area (Å²) in [5.74, 6) is 6.42. The van der Waals surface area contributed by atoms with E-state index in [1.807, 2.05) is 0 Å². The number of guanidine groups is 1. The van der Waals surface area contributed by atoms with Crippen molar-refractivity contribution in [2.45, 2.75) is 13.1 Å². The molecule has 0 atom stereocenters. The molecule has 0 aliphatic carbocycles. The Labute approximate surface area is 127 Å². The normalized spacial score (nSPS) is 13.8. The van der Waals surface area contributed by atoms with Crippen LogP contribution in [0.4, 0.5) is 18.9 Å². The lowest BCUT2D eigenvalue weighted by molar-refractivity contribution is -0.137. The van der Waals surface area contributed by atoms with Crippen LogP contribution in [0.5, 0.6) is 5.75 Å². The molecule has 1 aliphatic heterocycles. The van der Waals surface area contributed by atoms with Gasteiger partial charge in [-0.2, -0.15) is 13.2 Å². The van der Waals surface area contributed by atoms with E-state index in [9.17, 15) is 13.2 Å². The number of nitrogens with one attached hydrogen (secondary N) is 1. The van der Waals surface area contributed by atoms with Crippen LogP contribution in [0.15, 0.2) is 23.2 Å². The average molecular weight is 311 g/mol. The van der Waals surface area contributed by atoms with Crippen molar-refractivity contribution >= 4 is 11.6 Å². The summed E-state index contributed by atoms with van der Waals surface area (Å²) in [4.78, 5) is 5.85. The highest BCUT2D eigenvalue weighted by Crippen LogP contribution is 2.36. The fraction of sp³-hybridized carbons (Fsp3) is 0.400. The highest BCUT2D eigenvalue weighted by Gasteiger charge is 2.32. The number of halogens is 3. The quantitative estimate of drug-likeness (QED) is 0.872. The van der Waals surface area contributed by atoms with Gasteiger partial charge in [-0.05, 0) is 25.1 Å². The number of hydrogen-bond acceptors (Lipinski definition) is 4. The third-order valence-corrected chi connectivity index (χ3v) is 3.12. The highest BCUT2D eigenvalue weighted by molar-refractivity contribution is 5.98. The summed E-state index contributed by atoms with van der Waals surface area (Å²) in [6, 6.07) is 3.36. The molecule has 2 rings (SSSR count). The summed E-state index contributed by atoms with van der Waals surface area (Å²) in [5.41, 5.74) is -0.454. The van der Waals surface area contributed by atoms with Crippen LogP contribution >= 0.6 is 0 Å². The molecule has 4 nitrogen and oxygen atoms in total. The van der Waals surface area contributed by atoms with Crippen molar-refractivity contribution < 1.29 is 17.9 Å². The maximum absolute atomic E-state index is 13.0. The first-order chi connectivity index (χ1) is 10.5. The van der Waals surface area contributed by atoms with Gasteiger partial charge in [-0.3, -0.25) is 9.89 Å². The van der Waals surface area contributed by atoms with Crippen LogP contribution < -0.4 is 15.0 Å². The third kappa shape index (κ3) is 3.45. The van der Waals surface area contributed by atoms with Gasteiger partial charge in [0.25, 0.3) is 0 Å². The molecule has 0 radical (unpaired) electrons. The summed E-state index contributed by atoms with van der Waals surface area (Å²) in [6.45, 7) is 3.12. The topological polar surface area (TPSA) is 36.9 Å². The van der Waals surface area contributed by atoms with E-state index in [2.05, 4.69) is 22.2 Å². The Kier molecular flexibility index (Phi) is 4.81. The van der Waals surface area contributed by atoms with Gasteiger partial charge in [-0.1, -0.05) is 5.92 Å². The lowest BCUT2D eigenvalue weighted by atomic mass is 10.1. The minimum absolute atomic E-state index is 0.222. The Morgan fingerprint density at radius 1 is 1.41 bits per heavy atom. The van der Waals surface area contributed by atoms with Gasteiger partial charge in [0.05, 0.1) is 31.5 Å². The minimum Gasteiger partial charge on any atom is -0.495 e. The summed E-state index contributed by atoms with van der Waals surface area (Å²) >= 11 is 0. The fourth-order valence-electron chi connectivity index (χ4n) is 2.08. The molecule has 1 aliphatic rings. The van der Waals surface area contributed by atoms with Crippen LogP contribution in [0.2, 0.25) is 0 Å². The molecule has 0 spiro atoms. The maximum Gasteiger partial charge on any atom is 0.416 e. The number of alkyl halides is 3. The number of anilines is 1. The van der Waals surface area contributed by atoms with Crippen LogP contribution in [0.3, 0.4) is 0 Å². The second-order valence-corrected chi connectivity index (χ2v) is 4.53. The van der Waals surface area contributed by atoms with Gasteiger partial charge in [0.2, 0.25) is 0 Å². The molecule has 0 saturated carbocycles. The van der Waals surface area contributed by atoms with Gasteiger partial charge in [0.1, 0.15) is 5.75 Å².